The van der Waals surface area contributed by atoms with E-state index in [1.165, 1.54) is 0 Å². The van der Waals surface area contributed by atoms with Gasteiger partial charge in [0.25, 0.3) is 5.91 Å². The summed E-state index contributed by atoms with van der Waals surface area (Å²) < 4.78 is 5.51. The molecule has 1 amide bonds. The van der Waals surface area contributed by atoms with Crippen LogP contribution in [-0.2, 0) is 0 Å². The minimum absolute atomic E-state index is 0.00422. The predicted molar refractivity (Wildman–Crippen MR) is 77.9 cm³/mol. The summed E-state index contributed by atoms with van der Waals surface area (Å²) in [6.07, 6.45) is 1.92. The molecule has 0 aliphatic carbocycles. The first-order valence-electron chi connectivity index (χ1n) is 7.32. The molecule has 1 aromatic carbocycles. The molecule has 0 saturated carbocycles. The Morgan fingerprint density at radius 2 is 2.10 bits per heavy atom. The van der Waals surface area contributed by atoms with Gasteiger partial charge in [0, 0.05) is 12.1 Å². The van der Waals surface area contributed by atoms with Crippen molar-refractivity contribution in [2.45, 2.75) is 32.7 Å². The molecule has 1 saturated heterocycles. The van der Waals surface area contributed by atoms with Crippen molar-refractivity contribution < 1.29 is 14.6 Å². The van der Waals surface area contributed by atoms with Gasteiger partial charge in [-0.15, -0.1) is 0 Å². The van der Waals surface area contributed by atoms with E-state index in [1.54, 1.807) is 17.0 Å². The van der Waals surface area contributed by atoms with E-state index in [-0.39, 0.29) is 18.6 Å². The van der Waals surface area contributed by atoms with Gasteiger partial charge in [-0.3, -0.25) is 4.79 Å². The van der Waals surface area contributed by atoms with E-state index >= 15 is 0 Å². The first-order chi connectivity index (χ1) is 9.67. The Morgan fingerprint density at radius 1 is 1.40 bits per heavy atom. The number of carbonyl (C=O) groups excluding carboxylic acids is 1. The Balaban J connectivity index is 2.05. The highest BCUT2D eigenvalue weighted by Crippen LogP contribution is 2.25. The number of hydrogen-bond donors (Lipinski definition) is 1. The number of rotatable bonds is 5. The van der Waals surface area contributed by atoms with E-state index in [9.17, 15) is 9.90 Å². The Kier molecular flexibility index (Phi) is 5.01. The van der Waals surface area contributed by atoms with Gasteiger partial charge in [-0.25, -0.2) is 0 Å². The van der Waals surface area contributed by atoms with Crippen LogP contribution in [-0.4, -0.2) is 41.7 Å². The Hall–Kier alpha value is -1.55. The highest BCUT2D eigenvalue weighted by atomic mass is 16.5. The van der Waals surface area contributed by atoms with Crippen LogP contribution < -0.4 is 4.74 Å². The van der Waals surface area contributed by atoms with E-state index in [2.05, 4.69) is 13.8 Å². The molecule has 4 heteroatoms. The second-order valence-corrected chi connectivity index (χ2v) is 5.39. The van der Waals surface area contributed by atoms with Crippen LogP contribution in [0.25, 0.3) is 0 Å². The molecule has 0 spiro atoms. The van der Waals surface area contributed by atoms with Gasteiger partial charge in [-0.05, 0) is 43.0 Å². The molecule has 2 atom stereocenters. The minimum atomic E-state index is -0.0569. The molecule has 2 rings (SSSR count). The lowest BCUT2D eigenvalue weighted by atomic mass is 10.0. The van der Waals surface area contributed by atoms with E-state index in [0.29, 0.717) is 18.1 Å². The summed E-state index contributed by atoms with van der Waals surface area (Å²) in [5.41, 5.74) is 0.654. The van der Waals surface area contributed by atoms with Crippen LogP contribution in [0.5, 0.6) is 5.75 Å². The van der Waals surface area contributed by atoms with Gasteiger partial charge in [0.15, 0.2) is 0 Å². The van der Waals surface area contributed by atoms with Gasteiger partial charge in [0.1, 0.15) is 5.75 Å². The molecule has 1 heterocycles. The lowest BCUT2D eigenvalue weighted by Gasteiger charge is -2.25. The maximum atomic E-state index is 12.5. The highest BCUT2D eigenvalue weighted by Gasteiger charge is 2.34. The summed E-state index contributed by atoms with van der Waals surface area (Å²) in [6, 6.07) is 7.20. The van der Waals surface area contributed by atoms with E-state index in [4.69, 9.17) is 4.74 Å². The second kappa shape index (κ2) is 6.75. The molecule has 0 radical (unpaired) electrons. The maximum absolute atomic E-state index is 12.5. The molecular formula is C16H23NO3. The van der Waals surface area contributed by atoms with Gasteiger partial charge in [0.2, 0.25) is 0 Å². The second-order valence-electron chi connectivity index (χ2n) is 5.39. The van der Waals surface area contributed by atoms with Crippen molar-refractivity contribution in [2.75, 3.05) is 19.8 Å². The predicted octanol–water partition coefficient (Wildman–Crippen LogP) is 2.32. The molecule has 110 valence electrons. The summed E-state index contributed by atoms with van der Waals surface area (Å²) in [5.74, 6) is 1.14. The molecule has 4 nitrogen and oxygen atoms in total. The molecule has 2 unspecified atom stereocenters. The number of aliphatic hydroxyl groups excluding tert-OH is 1. The molecule has 20 heavy (non-hydrogen) atoms. The van der Waals surface area contributed by atoms with Crippen LogP contribution in [0.4, 0.5) is 0 Å². The van der Waals surface area contributed by atoms with Gasteiger partial charge in [-0.2, -0.15) is 0 Å². The molecule has 1 aliphatic rings. The van der Waals surface area contributed by atoms with Crippen molar-refractivity contribution in [3.05, 3.63) is 29.8 Å². The van der Waals surface area contributed by atoms with Crippen molar-refractivity contribution in [3.63, 3.8) is 0 Å². The fourth-order valence-electron chi connectivity index (χ4n) is 2.62. The number of benzene rings is 1. The van der Waals surface area contributed by atoms with E-state index < -0.39 is 0 Å². The van der Waals surface area contributed by atoms with Crippen LogP contribution >= 0.6 is 0 Å². The number of nitrogens with zero attached hydrogens (tertiary/aromatic N) is 1. The van der Waals surface area contributed by atoms with Gasteiger partial charge in [0.05, 0.1) is 19.3 Å². The molecule has 0 bridgehead atoms. The quantitative estimate of drug-likeness (QED) is 0.898. The summed E-state index contributed by atoms with van der Waals surface area (Å²) in [7, 11) is 0. The monoisotopic (exact) mass is 277 g/mol. The Labute approximate surface area is 120 Å². The Bertz CT molecular complexity index is 444. The maximum Gasteiger partial charge on any atom is 0.254 e. The van der Waals surface area contributed by atoms with Crippen molar-refractivity contribution in [3.8, 4) is 5.75 Å². The van der Waals surface area contributed by atoms with Crippen molar-refractivity contribution >= 4 is 5.91 Å². The fraction of sp³-hybridized carbons (Fsp3) is 0.562. The third-order valence-electron chi connectivity index (χ3n) is 3.90. The van der Waals surface area contributed by atoms with E-state index in [0.717, 1.165) is 25.1 Å². The van der Waals surface area contributed by atoms with Crippen LogP contribution in [0.15, 0.2) is 24.3 Å². The summed E-state index contributed by atoms with van der Waals surface area (Å²) in [6.45, 7) is 5.57. The van der Waals surface area contributed by atoms with Crippen molar-refractivity contribution in [2.24, 2.45) is 5.92 Å². The normalized spacial score (nSPS) is 22.1. The van der Waals surface area contributed by atoms with Crippen molar-refractivity contribution in [1.82, 2.24) is 4.90 Å². The number of amides is 1. The van der Waals surface area contributed by atoms with E-state index in [1.807, 2.05) is 12.1 Å². The topological polar surface area (TPSA) is 49.8 Å². The fourth-order valence-corrected chi connectivity index (χ4v) is 2.62. The third-order valence-corrected chi connectivity index (χ3v) is 3.90. The molecule has 1 fully saturated rings. The average molecular weight is 277 g/mol. The van der Waals surface area contributed by atoms with Crippen molar-refractivity contribution in [1.29, 1.82) is 0 Å². The zero-order chi connectivity index (χ0) is 14.5. The van der Waals surface area contributed by atoms with Crippen LogP contribution in [0.3, 0.4) is 0 Å². The Morgan fingerprint density at radius 3 is 2.70 bits per heavy atom. The molecule has 0 aromatic heterocycles. The minimum Gasteiger partial charge on any atom is -0.494 e. The van der Waals surface area contributed by atoms with Gasteiger partial charge in [-0.1, -0.05) is 13.8 Å². The summed E-state index contributed by atoms with van der Waals surface area (Å²) >= 11 is 0. The molecule has 1 aromatic rings. The summed E-state index contributed by atoms with van der Waals surface area (Å²) in [4.78, 5) is 14.2. The number of hydrogen-bond acceptors (Lipinski definition) is 3. The lowest BCUT2D eigenvalue weighted by Crippen LogP contribution is -2.39. The standard InChI is InChI=1S/C16H23NO3/c1-3-10-20-14-6-4-13(5-7-14)16(19)17-9-8-12(2)15(17)11-18/h4-7,12,15,18H,3,8-11H2,1-2H3. The number of likely N-dealkylation sites (tertiary alicyclic amines) is 1. The van der Waals surface area contributed by atoms with Crippen LogP contribution in [0.2, 0.25) is 0 Å². The molecule has 1 aliphatic heterocycles. The largest absolute Gasteiger partial charge is 0.494 e. The van der Waals surface area contributed by atoms with Gasteiger partial charge >= 0.3 is 0 Å². The number of carbonyl (C=O) groups is 1. The average Bonchev–Trinajstić information content (AvgIpc) is 2.85. The van der Waals surface area contributed by atoms with Crippen LogP contribution in [0, 0.1) is 5.92 Å². The number of aliphatic hydroxyl groups is 1. The first-order valence-corrected chi connectivity index (χ1v) is 7.32. The van der Waals surface area contributed by atoms with Gasteiger partial charge < -0.3 is 14.7 Å². The smallest absolute Gasteiger partial charge is 0.254 e. The van der Waals surface area contributed by atoms with Crippen LogP contribution in [0.1, 0.15) is 37.0 Å². The number of ether oxygens (including phenoxy) is 1. The molecular weight excluding hydrogens is 254 g/mol. The first kappa shape index (κ1) is 14.9. The highest BCUT2D eigenvalue weighted by molar-refractivity contribution is 5.94. The zero-order valence-corrected chi connectivity index (χ0v) is 12.2. The molecule has 1 N–H and O–H groups in total. The third kappa shape index (κ3) is 3.12. The SMILES string of the molecule is CCCOc1ccc(C(=O)N2CCC(C)C2CO)cc1. The summed E-state index contributed by atoms with van der Waals surface area (Å²) in [5, 5.41) is 9.43. The lowest BCUT2D eigenvalue weighted by molar-refractivity contribution is 0.0648. The zero-order valence-electron chi connectivity index (χ0n) is 12.2.